The summed E-state index contributed by atoms with van der Waals surface area (Å²) in [6, 6.07) is 23.3. The van der Waals surface area contributed by atoms with E-state index in [2.05, 4.69) is 72.6 Å². The van der Waals surface area contributed by atoms with Crippen molar-refractivity contribution in [2.75, 3.05) is 33.2 Å². The van der Waals surface area contributed by atoms with Crippen molar-refractivity contribution in [2.24, 2.45) is 0 Å². The second-order valence-corrected chi connectivity index (χ2v) is 6.73. The Balaban J connectivity index is 1.65. The number of hydrogen-bond acceptors (Lipinski definition) is 1. The van der Waals surface area contributed by atoms with Crippen molar-refractivity contribution in [1.82, 2.24) is 4.90 Å². The van der Waals surface area contributed by atoms with E-state index in [1.165, 1.54) is 41.8 Å². The van der Waals surface area contributed by atoms with Gasteiger partial charge in [0.25, 0.3) is 0 Å². The molecule has 2 bridgehead atoms. The van der Waals surface area contributed by atoms with Crippen molar-refractivity contribution in [1.29, 1.82) is 0 Å². The number of fused-ring (bicyclic) bond motifs is 3. The third kappa shape index (κ3) is 2.19. The number of nitrogens with zero attached hydrogens (tertiary/aromatic N) is 2. The van der Waals surface area contributed by atoms with E-state index in [1.54, 1.807) is 0 Å². The van der Waals surface area contributed by atoms with Crippen LogP contribution in [-0.4, -0.2) is 42.6 Å². The smallest absolute Gasteiger partial charge is 0.127 e. The van der Waals surface area contributed by atoms with Gasteiger partial charge in [-0.15, -0.1) is 0 Å². The number of piperazine rings is 3. The Morgan fingerprint density at radius 3 is 2.14 bits per heavy atom. The summed E-state index contributed by atoms with van der Waals surface area (Å²) in [4.78, 5) is 2.69. The lowest BCUT2D eigenvalue weighted by atomic mass is 9.90. The van der Waals surface area contributed by atoms with Gasteiger partial charge in [0.05, 0.1) is 32.7 Å². The molecule has 2 aromatic rings. The minimum absolute atomic E-state index is 0.588. The van der Waals surface area contributed by atoms with Gasteiger partial charge in [-0.2, -0.15) is 0 Å². The highest BCUT2D eigenvalue weighted by molar-refractivity contribution is 5.23. The molecule has 0 radical (unpaired) electrons. The number of likely N-dealkylation sites (N-methyl/N-ethyl adjacent to an activating group) is 1. The first-order valence-corrected chi connectivity index (χ1v) is 7.94. The predicted molar refractivity (Wildman–Crippen MR) is 85.9 cm³/mol. The molecule has 0 aliphatic carbocycles. The quantitative estimate of drug-likeness (QED) is 0.763. The molecule has 0 N–H and O–H groups in total. The van der Waals surface area contributed by atoms with Crippen molar-refractivity contribution in [3.63, 3.8) is 0 Å². The van der Waals surface area contributed by atoms with Gasteiger partial charge in [-0.25, -0.2) is 0 Å². The summed E-state index contributed by atoms with van der Waals surface area (Å²) in [5, 5.41) is 0. The molecule has 3 fully saturated rings. The molecule has 3 heterocycles. The van der Waals surface area contributed by atoms with Crippen molar-refractivity contribution >= 4 is 0 Å². The fourth-order valence-corrected chi connectivity index (χ4v) is 4.17. The van der Waals surface area contributed by atoms with Crippen molar-refractivity contribution < 1.29 is 4.48 Å². The highest BCUT2D eigenvalue weighted by Gasteiger charge is 2.49. The van der Waals surface area contributed by atoms with E-state index in [-0.39, 0.29) is 0 Å². The zero-order valence-corrected chi connectivity index (χ0v) is 12.7. The molecule has 2 heteroatoms. The second-order valence-electron chi connectivity index (χ2n) is 6.73. The Bertz CT molecular complexity index is 610. The van der Waals surface area contributed by atoms with Crippen LogP contribution in [0.4, 0.5) is 0 Å². The Morgan fingerprint density at radius 1 is 0.905 bits per heavy atom. The van der Waals surface area contributed by atoms with E-state index in [0.717, 1.165) is 0 Å². The summed E-state index contributed by atoms with van der Waals surface area (Å²) in [5.41, 5.74) is 2.98. The highest BCUT2D eigenvalue weighted by atomic mass is 15.5. The van der Waals surface area contributed by atoms with Crippen LogP contribution >= 0.6 is 0 Å². The van der Waals surface area contributed by atoms with Crippen LogP contribution < -0.4 is 0 Å². The van der Waals surface area contributed by atoms with Crippen molar-refractivity contribution in [3.05, 3.63) is 71.8 Å². The maximum atomic E-state index is 2.69. The SMILES string of the molecule is C[N+]12CCN(CC1c1ccccc1)C(c1ccccc1)C2. The number of quaternary nitrogens is 1. The average molecular weight is 279 g/mol. The summed E-state index contributed by atoms with van der Waals surface area (Å²) in [5.74, 6) is 0. The van der Waals surface area contributed by atoms with Crippen LogP contribution in [0, 0.1) is 0 Å². The molecule has 3 aliphatic rings. The molecule has 5 rings (SSSR count). The molecule has 2 nitrogen and oxygen atoms in total. The van der Waals surface area contributed by atoms with Gasteiger partial charge in [0, 0.05) is 12.1 Å². The van der Waals surface area contributed by atoms with Crippen LogP contribution in [0.2, 0.25) is 0 Å². The van der Waals surface area contributed by atoms with Gasteiger partial charge in [0.15, 0.2) is 0 Å². The summed E-state index contributed by atoms with van der Waals surface area (Å²) >= 11 is 0. The molecule has 0 amide bonds. The van der Waals surface area contributed by atoms with Crippen LogP contribution in [-0.2, 0) is 0 Å². The minimum atomic E-state index is 0.588. The van der Waals surface area contributed by atoms with Gasteiger partial charge in [-0.05, 0) is 5.56 Å². The molecule has 0 spiro atoms. The molecule has 3 aliphatic heterocycles. The lowest BCUT2D eigenvalue weighted by Crippen LogP contribution is -2.67. The number of benzene rings is 2. The zero-order chi connectivity index (χ0) is 14.3. The normalized spacial score (nSPS) is 34.8. The largest absolute Gasteiger partial charge is 0.316 e. The van der Waals surface area contributed by atoms with Crippen LogP contribution in [0.1, 0.15) is 23.2 Å². The van der Waals surface area contributed by atoms with Gasteiger partial charge in [-0.1, -0.05) is 60.7 Å². The van der Waals surface area contributed by atoms with E-state index in [0.29, 0.717) is 12.1 Å². The number of hydrogen-bond donors (Lipinski definition) is 0. The van der Waals surface area contributed by atoms with E-state index in [9.17, 15) is 0 Å². The van der Waals surface area contributed by atoms with Crippen LogP contribution in [0.15, 0.2) is 60.7 Å². The highest BCUT2D eigenvalue weighted by Crippen LogP contribution is 2.42. The standard InChI is InChI=1S/C19H23N2/c1-21-13-12-20(14-19(21)17-10-6-3-7-11-17)18(15-21)16-8-4-2-5-9-16/h2-11,18-19H,12-15H2,1H3/q+1. The van der Waals surface area contributed by atoms with Gasteiger partial charge in [0.2, 0.25) is 0 Å². The maximum Gasteiger partial charge on any atom is 0.127 e. The van der Waals surface area contributed by atoms with Gasteiger partial charge < -0.3 is 4.48 Å². The van der Waals surface area contributed by atoms with E-state index >= 15 is 0 Å². The molecule has 2 aromatic carbocycles. The first kappa shape index (κ1) is 13.1. The Kier molecular flexibility index (Phi) is 3.09. The molecular formula is C19H23N2+. The Morgan fingerprint density at radius 2 is 1.52 bits per heavy atom. The van der Waals surface area contributed by atoms with E-state index < -0.39 is 0 Å². The first-order valence-electron chi connectivity index (χ1n) is 7.94. The summed E-state index contributed by atoms with van der Waals surface area (Å²) in [6.45, 7) is 4.89. The molecule has 0 aromatic heterocycles. The molecule has 21 heavy (non-hydrogen) atoms. The molecule has 0 saturated carbocycles. The van der Waals surface area contributed by atoms with Crippen LogP contribution in [0.25, 0.3) is 0 Å². The van der Waals surface area contributed by atoms with E-state index in [1.807, 2.05) is 0 Å². The van der Waals surface area contributed by atoms with Crippen LogP contribution in [0.3, 0.4) is 0 Å². The summed E-state index contributed by atoms with van der Waals surface area (Å²) < 4.78 is 1.18. The lowest BCUT2D eigenvalue weighted by Gasteiger charge is -2.57. The third-order valence-corrected chi connectivity index (χ3v) is 5.46. The predicted octanol–water partition coefficient (Wildman–Crippen LogP) is 3.24. The molecule has 4 unspecified atom stereocenters. The van der Waals surface area contributed by atoms with E-state index in [4.69, 9.17) is 0 Å². The zero-order valence-electron chi connectivity index (χ0n) is 12.7. The fourth-order valence-electron chi connectivity index (χ4n) is 4.17. The maximum absolute atomic E-state index is 2.69. The molecular weight excluding hydrogens is 256 g/mol. The average Bonchev–Trinajstić information content (AvgIpc) is 2.56. The monoisotopic (exact) mass is 279 g/mol. The fraction of sp³-hybridized carbons (Fsp3) is 0.368. The van der Waals surface area contributed by atoms with Gasteiger partial charge in [-0.3, -0.25) is 4.90 Å². The second kappa shape index (κ2) is 4.97. The Labute approximate surface area is 127 Å². The lowest BCUT2D eigenvalue weighted by molar-refractivity contribution is -0.957. The molecule has 4 atom stereocenters. The molecule has 108 valence electrons. The van der Waals surface area contributed by atoms with Gasteiger partial charge >= 0.3 is 0 Å². The Hall–Kier alpha value is -1.64. The first-order chi connectivity index (χ1) is 10.3. The van der Waals surface area contributed by atoms with Crippen molar-refractivity contribution in [3.8, 4) is 0 Å². The topological polar surface area (TPSA) is 3.24 Å². The minimum Gasteiger partial charge on any atom is -0.316 e. The third-order valence-electron chi connectivity index (χ3n) is 5.46. The summed E-state index contributed by atoms with van der Waals surface area (Å²) in [7, 11) is 2.45. The number of rotatable bonds is 2. The molecule has 3 saturated heterocycles. The summed E-state index contributed by atoms with van der Waals surface area (Å²) in [6.07, 6.45) is 0. The van der Waals surface area contributed by atoms with Crippen molar-refractivity contribution in [2.45, 2.75) is 12.1 Å². The van der Waals surface area contributed by atoms with Gasteiger partial charge in [0.1, 0.15) is 6.04 Å². The van der Waals surface area contributed by atoms with Crippen LogP contribution in [0.5, 0.6) is 0 Å².